The minimum Gasteiger partial charge on any atom is -0.457 e. The van der Waals surface area contributed by atoms with E-state index >= 15 is 0 Å². The third-order valence-corrected chi connectivity index (χ3v) is 3.60. The van der Waals surface area contributed by atoms with Crippen molar-refractivity contribution in [1.82, 2.24) is 15.4 Å². The topological polar surface area (TPSA) is 108 Å². The van der Waals surface area contributed by atoms with E-state index in [2.05, 4.69) is 20.6 Å². The monoisotopic (exact) mass is 383 g/mol. The lowest BCUT2D eigenvalue weighted by Gasteiger charge is -2.10. The second-order valence-electron chi connectivity index (χ2n) is 5.67. The molecule has 0 aliphatic carbocycles. The van der Waals surface area contributed by atoms with Gasteiger partial charge in [-0.2, -0.15) is 4.98 Å². The van der Waals surface area contributed by atoms with Crippen LogP contribution in [0, 0.1) is 5.82 Å². The van der Waals surface area contributed by atoms with Gasteiger partial charge >= 0.3 is 0 Å². The van der Waals surface area contributed by atoms with Gasteiger partial charge in [-0.1, -0.05) is 18.2 Å². The fourth-order valence-corrected chi connectivity index (χ4v) is 2.26. The van der Waals surface area contributed by atoms with Crippen LogP contribution < -0.4 is 20.9 Å². The van der Waals surface area contributed by atoms with E-state index < -0.39 is 11.7 Å². The number of aromatic nitrogens is 2. The van der Waals surface area contributed by atoms with E-state index in [1.165, 1.54) is 5.48 Å². The number of anilines is 3. The fraction of sp³-hybridized carbons (Fsp3) is 0.105. The fourth-order valence-electron chi connectivity index (χ4n) is 2.26. The number of nitrogens with zero attached hydrogens (tertiary/aromatic N) is 2. The Hall–Kier alpha value is -3.72. The first-order valence-electron chi connectivity index (χ1n) is 8.43. The molecule has 0 bridgehead atoms. The van der Waals surface area contributed by atoms with Crippen LogP contribution in [0.25, 0.3) is 0 Å². The first kappa shape index (κ1) is 19.1. The van der Waals surface area contributed by atoms with Gasteiger partial charge in [0.05, 0.1) is 6.20 Å². The summed E-state index contributed by atoms with van der Waals surface area (Å²) >= 11 is 0. The number of hydrogen-bond acceptors (Lipinski definition) is 7. The van der Waals surface area contributed by atoms with Crippen LogP contribution in [0.5, 0.6) is 11.5 Å². The van der Waals surface area contributed by atoms with Gasteiger partial charge in [0, 0.05) is 18.7 Å². The number of carbonyl (C=O) groups is 1. The maximum atomic E-state index is 13.8. The predicted octanol–water partition coefficient (Wildman–Crippen LogP) is 3.46. The van der Waals surface area contributed by atoms with Crippen molar-refractivity contribution in [1.29, 1.82) is 0 Å². The number of rotatable bonds is 8. The molecule has 0 unspecified atom stereocenters. The number of halogens is 1. The Labute approximate surface area is 160 Å². The van der Waals surface area contributed by atoms with Crippen molar-refractivity contribution in [2.24, 2.45) is 0 Å². The van der Waals surface area contributed by atoms with Gasteiger partial charge in [0.25, 0.3) is 0 Å². The molecule has 0 fully saturated rings. The highest BCUT2D eigenvalue weighted by molar-refractivity contribution is 5.75. The summed E-state index contributed by atoms with van der Waals surface area (Å²) in [6.07, 6.45) is 0.988. The van der Waals surface area contributed by atoms with Crippen molar-refractivity contribution < 1.29 is 19.1 Å². The quantitative estimate of drug-likeness (QED) is 0.348. The molecule has 0 atom stereocenters. The number of ether oxygens (including phenoxy) is 1. The molecule has 0 saturated carbocycles. The van der Waals surface area contributed by atoms with Crippen LogP contribution >= 0.6 is 0 Å². The van der Waals surface area contributed by atoms with Crippen LogP contribution in [0.1, 0.15) is 6.42 Å². The summed E-state index contributed by atoms with van der Waals surface area (Å²) in [5.74, 6) is 0.302. The third kappa shape index (κ3) is 5.39. The number of hydrogen-bond donors (Lipinski definition) is 4. The maximum Gasteiger partial charge on any atom is 0.245 e. The molecule has 9 heteroatoms. The number of carbonyl (C=O) groups excluding carboxylic acids is 1. The van der Waals surface area contributed by atoms with E-state index in [1.807, 2.05) is 30.3 Å². The Morgan fingerprint density at radius 2 is 1.79 bits per heavy atom. The smallest absolute Gasteiger partial charge is 0.245 e. The molecular weight excluding hydrogens is 365 g/mol. The molecule has 2 aromatic carbocycles. The van der Waals surface area contributed by atoms with Crippen molar-refractivity contribution in [3.63, 3.8) is 0 Å². The first-order valence-corrected chi connectivity index (χ1v) is 8.43. The molecule has 1 aromatic heterocycles. The largest absolute Gasteiger partial charge is 0.457 e. The normalized spacial score (nSPS) is 10.2. The van der Waals surface area contributed by atoms with Crippen LogP contribution in [0.3, 0.4) is 0 Å². The first-order chi connectivity index (χ1) is 13.6. The molecule has 0 saturated heterocycles. The van der Waals surface area contributed by atoms with Crippen LogP contribution in [0.4, 0.5) is 21.8 Å². The van der Waals surface area contributed by atoms with Crippen molar-refractivity contribution in [3.05, 3.63) is 66.6 Å². The SMILES string of the molecule is O=C(CCNc1nc(Nc2ccc(Oc3ccccc3)cc2)ncc1F)NO. The third-order valence-electron chi connectivity index (χ3n) is 3.60. The minimum absolute atomic E-state index is 0.0361. The highest BCUT2D eigenvalue weighted by Crippen LogP contribution is 2.24. The second-order valence-corrected chi connectivity index (χ2v) is 5.67. The van der Waals surface area contributed by atoms with E-state index in [0.717, 1.165) is 11.9 Å². The Morgan fingerprint density at radius 1 is 1.07 bits per heavy atom. The molecule has 4 N–H and O–H groups in total. The summed E-state index contributed by atoms with van der Waals surface area (Å²) < 4.78 is 19.5. The highest BCUT2D eigenvalue weighted by Gasteiger charge is 2.08. The number of para-hydroxylation sites is 1. The molecular formula is C19H18FN5O3. The zero-order valence-electron chi connectivity index (χ0n) is 14.7. The van der Waals surface area contributed by atoms with Crippen molar-refractivity contribution >= 4 is 23.4 Å². The number of nitrogens with one attached hydrogen (secondary N) is 3. The molecule has 0 spiro atoms. The van der Waals surface area contributed by atoms with Crippen LogP contribution in [-0.2, 0) is 4.79 Å². The van der Waals surface area contributed by atoms with Crippen molar-refractivity contribution in [2.45, 2.75) is 6.42 Å². The summed E-state index contributed by atoms with van der Waals surface area (Å²) in [7, 11) is 0. The summed E-state index contributed by atoms with van der Waals surface area (Å²) in [5, 5.41) is 14.1. The Morgan fingerprint density at radius 3 is 2.50 bits per heavy atom. The van der Waals surface area contributed by atoms with E-state index in [4.69, 9.17) is 9.94 Å². The van der Waals surface area contributed by atoms with E-state index in [-0.39, 0.29) is 24.7 Å². The Kier molecular flexibility index (Phi) is 6.32. The number of benzene rings is 2. The zero-order chi connectivity index (χ0) is 19.8. The van der Waals surface area contributed by atoms with Gasteiger partial charge in [-0.15, -0.1) is 0 Å². The lowest BCUT2D eigenvalue weighted by atomic mass is 10.3. The lowest BCUT2D eigenvalue weighted by Crippen LogP contribution is -2.22. The summed E-state index contributed by atoms with van der Waals surface area (Å²) in [6.45, 7) is 0.102. The summed E-state index contributed by atoms with van der Waals surface area (Å²) in [5.41, 5.74) is 2.19. The van der Waals surface area contributed by atoms with Crippen LogP contribution in [-0.4, -0.2) is 27.6 Å². The van der Waals surface area contributed by atoms with Gasteiger partial charge in [-0.25, -0.2) is 14.9 Å². The molecule has 28 heavy (non-hydrogen) atoms. The Bertz CT molecular complexity index is 923. The average Bonchev–Trinajstić information content (AvgIpc) is 2.72. The van der Waals surface area contributed by atoms with Crippen molar-refractivity contribution in [3.8, 4) is 11.5 Å². The van der Waals surface area contributed by atoms with Crippen LogP contribution in [0.15, 0.2) is 60.8 Å². The average molecular weight is 383 g/mol. The van der Waals surface area contributed by atoms with Crippen LogP contribution in [0.2, 0.25) is 0 Å². The zero-order valence-corrected chi connectivity index (χ0v) is 14.7. The Balaban J connectivity index is 1.61. The van der Waals surface area contributed by atoms with Gasteiger partial charge in [0.2, 0.25) is 11.9 Å². The molecule has 8 nitrogen and oxygen atoms in total. The van der Waals surface area contributed by atoms with Gasteiger partial charge in [-0.05, 0) is 36.4 Å². The molecule has 1 heterocycles. The minimum atomic E-state index is -0.651. The standard InChI is InChI=1S/C19H18FN5O3/c20-16-12-22-19(24-18(16)21-11-10-17(26)25-27)23-13-6-8-15(9-7-13)28-14-4-2-1-3-5-14/h1-9,12,27H,10-11H2,(H,25,26)(H2,21,22,23,24). The molecule has 144 valence electrons. The molecule has 3 aromatic rings. The van der Waals surface area contributed by atoms with E-state index in [9.17, 15) is 9.18 Å². The molecule has 1 amide bonds. The predicted molar refractivity (Wildman–Crippen MR) is 101 cm³/mol. The van der Waals surface area contributed by atoms with Crippen molar-refractivity contribution in [2.75, 3.05) is 17.2 Å². The number of amides is 1. The highest BCUT2D eigenvalue weighted by atomic mass is 19.1. The molecule has 0 aliphatic rings. The molecule has 0 aliphatic heterocycles. The van der Waals surface area contributed by atoms with Gasteiger partial charge in [0.1, 0.15) is 11.5 Å². The summed E-state index contributed by atoms with van der Waals surface area (Å²) in [6, 6.07) is 16.5. The van der Waals surface area contributed by atoms with E-state index in [0.29, 0.717) is 11.4 Å². The lowest BCUT2D eigenvalue weighted by molar-refractivity contribution is -0.128. The molecule has 0 radical (unpaired) electrons. The van der Waals surface area contributed by atoms with Gasteiger partial charge in [-0.3, -0.25) is 10.0 Å². The summed E-state index contributed by atoms with van der Waals surface area (Å²) in [4.78, 5) is 18.9. The number of hydroxylamine groups is 1. The maximum absolute atomic E-state index is 13.8. The van der Waals surface area contributed by atoms with Gasteiger partial charge < -0.3 is 15.4 Å². The molecule has 3 rings (SSSR count). The van der Waals surface area contributed by atoms with E-state index in [1.54, 1.807) is 24.3 Å². The second kappa shape index (κ2) is 9.28. The van der Waals surface area contributed by atoms with Gasteiger partial charge in [0.15, 0.2) is 11.6 Å².